The molecule has 1 unspecified atom stereocenters. The number of benzene rings is 2. The maximum atomic E-state index is 9.97. The minimum atomic E-state index is -0.552. The fourth-order valence-corrected chi connectivity index (χ4v) is 3.57. The molecule has 0 aliphatic carbocycles. The molecule has 2 heterocycles. The van der Waals surface area contributed by atoms with Gasteiger partial charge in [0.2, 0.25) is 5.88 Å². The Bertz CT molecular complexity index is 1190. The quantitative estimate of drug-likeness (QED) is 0.757. The Morgan fingerprint density at radius 2 is 1.63 bits per heavy atom. The number of ether oxygens (including phenoxy) is 1. The summed E-state index contributed by atoms with van der Waals surface area (Å²) in [6.07, 6.45) is 1.92. The van der Waals surface area contributed by atoms with Crippen molar-refractivity contribution in [2.75, 3.05) is 0 Å². The van der Waals surface area contributed by atoms with Crippen LogP contribution >= 0.6 is 0 Å². The molecule has 27 heavy (non-hydrogen) atoms. The van der Waals surface area contributed by atoms with Crippen molar-refractivity contribution in [1.29, 1.82) is 10.5 Å². The molecular weight excluding hydrogens is 336 g/mol. The molecular formula is C22H16N4O. The summed E-state index contributed by atoms with van der Waals surface area (Å²) in [5.74, 6) is -0.114. The van der Waals surface area contributed by atoms with Gasteiger partial charge >= 0.3 is 0 Å². The van der Waals surface area contributed by atoms with Crippen molar-refractivity contribution in [2.24, 2.45) is 12.8 Å². The molecule has 0 fully saturated rings. The Morgan fingerprint density at radius 1 is 0.963 bits per heavy atom. The molecule has 1 aliphatic rings. The Labute approximate surface area is 156 Å². The standard InChI is InChI=1S/C22H16N4O/c1-26-13-18(15-9-5-6-10-19(15)26)21-16(11-23)20(14-7-3-2-4-8-14)17(12-24)22(25)27-21/h2-10,13,20H,25H2,1H3. The molecule has 0 spiro atoms. The van der Waals surface area contributed by atoms with E-state index >= 15 is 0 Å². The van der Waals surface area contributed by atoms with Crippen LogP contribution in [0.4, 0.5) is 0 Å². The molecule has 2 aromatic carbocycles. The van der Waals surface area contributed by atoms with E-state index in [0.29, 0.717) is 11.3 Å². The van der Waals surface area contributed by atoms with E-state index in [4.69, 9.17) is 10.5 Å². The Hall–Kier alpha value is -3.96. The van der Waals surface area contributed by atoms with Crippen molar-refractivity contribution in [3.63, 3.8) is 0 Å². The van der Waals surface area contributed by atoms with Crippen molar-refractivity contribution < 1.29 is 4.74 Å². The fourth-order valence-electron chi connectivity index (χ4n) is 3.57. The predicted octanol–water partition coefficient (Wildman–Crippen LogP) is 3.92. The zero-order valence-corrected chi connectivity index (χ0v) is 14.7. The number of hydrogen-bond acceptors (Lipinski definition) is 4. The summed E-state index contributed by atoms with van der Waals surface area (Å²) in [6, 6.07) is 21.7. The van der Waals surface area contributed by atoms with E-state index in [9.17, 15) is 10.5 Å². The van der Waals surface area contributed by atoms with Crippen LogP contribution in [-0.2, 0) is 11.8 Å². The maximum Gasteiger partial charge on any atom is 0.205 e. The first kappa shape index (κ1) is 16.5. The molecule has 3 aromatic rings. The van der Waals surface area contributed by atoms with Gasteiger partial charge in [-0.15, -0.1) is 0 Å². The molecule has 0 saturated carbocycles. The van der Waals surface area contributed by atoms with E-state index in [-0.39, 0.29) is 11.5 Å². The molecule has 2 N–H and O–H groups in total. The van der Waals surface area contributed by atoms with Gasteiger partial charge in [-0.05, 0) is 11.6 Å². The van der Waals surface area contributed by atoms with Crippen molar-refractivity contribution in [3.8, 4) is 12.1 Å². The molecule has 1 aromatic heterocycles. The molecule has 1 aliphatic heterocycles. The van der Waals surface area contributed by atoms with E-state index in [2.05, 4.69) is 12.1 Å². The van der Waals surface area contributed by atoms with Crippen LogP contribution in [0.5, 0.6) is 0 Å². The number of allylic oxidation sites excluding steroid dienone is 2. The van der Waals surface area contributed by atoms with Crippen molar-refractivity contribution >= 4 is 16.7 Å². The van der Waals surface area contributed by atoms with Gasteiger partial charge in [-0.1, -0.05) is 48.5 Å². The number of nitrogens with zero attached hydrogens (tertiary/aromatic N) is 3. The summed E-state index contributed by atoms with van der Waals surface area (Å²) in [7, 11) is 1.94. The largest absolute Gasteiger partial charge is 0.439 e. The molecule has 130 valence electrons. The summed E-state index contributed by atoms with van der Waals surface area (Å²) >= 11 is 0. The molecule has 0 amide bonds. The molecule has 0 radical (unpaired) electrons. The van der Waals surface area contributed by atoms with Gasteiger partial charge in [-0.2, -0.15) is 10.5 Å². The molecule has 0 bridgehead atoms. The van der Waals surface area contributed by atoms with Crippen molar-refractivity contribution in [2.45, 2.75) is 5.92 Å². The van der Waals surface area contributed by atoms with Crippen LogP contribution in [0.2, 0.25) is 0 Å². The number of nitrogens with two attached hydrogens (primary N) is 1. The minimum absolute atomic E-state index is 0.0355. The lowest BCUT2D eigenvalue weighted by Crippen LogP contribution is -2.20. The second-order valence-electron chi connectivity index (χ2n) is 6.36. The van der Waals surface area contributed by atoms with Crippen molar-refractivity contribution in [3.05, 3.63) is 89.0 Å². The zero-order chi connectivity index (χ0) is 19.0. The van der Waals surface area contributed by atoms with Crippen molar-refractivity contribution in [1.82, 2.24) is 4.57 Å². The zero-order valence-electron chi connectivity index (χ0n) is 14.7. The molecule has 4 rings (SSSR count). The van der Waals surface area contributed by atoms with Gasteiger partial charge in [0, 0.05) is 29.7 Å². The summed E-state index contributed by atoms with van der Waals surface area (Å²) in [6.45, 7) is 0. The minimum Gasteiger partial charge on any atom is -0.439 e. The Balaban J connectivity index is 2.01. The molecule has 5 nitrogen and oxygen atoms in total. The normalized spacial score (nSPS) is 16.8. The lowest BCUT2D eigenvalue weighted by Gasteiger charge is -2.25. The lowest BCUT2D eigenvalue weighted by molar-refractivity contribution is 0.358. The molecule has 5 heteroatoms. The average molecular weight is 352 g/mol. The number of aromatic nitrogens is 1. The highest BCUT2D eigenvalue weighted by Gasteiger charge is 2.34. The first-order chi connectivity index (χ1) is 13.2. The van der Waals surface area contributed by atoms with E-state index in [0.717, 1.165) is 22.0 Å². The average Bonchev–Trinajstić information content (AvgIpc) is 3.04. The van der Waals surface area contributed by atoms with Gasteiger partial charge in [0.25, 0.3) is 0 Å². The predicted molar refractivity (Wildman–Crippen MR) is 103 cm³/mol. The number of hydrogen-bond donors (Lipinski definition) is 1. The third-order valence-electron chi connectivity index (χ3n) is 4.81. The third kappa shape index (κ3) is 2.54. The Morgan fingerprint density at radius 3 is 2.33 bits per heavy atom. The van der Waals surface area contributed by atoms with Gasteiger partial charge in [0.05, 0.1) is 17.6 Å². The van der Waals surface area contributed by atoms with Gasteiger partial charge in [-0.25, -0.2) is 0 Å². The second-order valence-corrected chi connectivity index (χ2v) is 6.36. The highest BCUT2D eigenvalue weighted by atomic mass is 16.5. The van der Waals surface area contributed by atoms with Gasteiger partial charge in [0.1, 0.15) is 11.6 Å². The molecule has 0 saturated heterocycles. The van der Waals surface area contributed by atoms with Crippen LogP contribution in [-0.4, -0.2) is 4.57 Å². The van der Waals surface area contributed by atoms with Crippen LogP contribution in [0, 0.1) is 22.7 Å². The van der Waals surface area contributed by atoms with E-state index in [1.807, 2.05) is 72.4 Å². The fraction of sp³-hybridized carbons (Fsp3) is 0.0909. The lowest BCUT2D eigenvalue weighted by atomic mass is 9.83. The Kier molecular flexibility index (Phi) is 3.91. The van der Waals surface area contributed by atoms with E-state index < -0.39 is 5.92 Å². The topological polar surface area (TPSA) is 87.8 Å². The summed E-state index contributed by atoms with van der Waals surface area (Å²) < 4.78 is 7.81. The summed E-state index contributed by atoms with van der Waals surface area (Å²) in [5.41, 5.74) is 9.36. The van der Waals surface area contributed by atoms with Crippen LogP contribution in [0.15, 0.2) is 77.8 Å². The van der Waals surface area contributed by atoms with Gasteiger partial charge in [0.15, 0.2) is 5.76 Å². The van der Waals surface area contributed by atoms with Crippen LogP contribution in [0.25, 0.3) is 16.7 Å². The number of aryl methyl sites for hydroxylation is 1. The second kappa shape index (κ2) is 6.40. The number of fused-ring (bicyclic) bond motifs is 1. The van der Waals surface area contributed by atoms with E-state index in [1.54, 1.807) is 0 Å². The van der Waals surface area contributed by atoms with Crippen LogP contribution < -0.4 is 5.73 Å². The highest BCUT2D eigenvalue weighted by Crippen LogP contribution is 2.43. The van der Waals surface area contributed by atoms with E-state index in [1.165, 1.54) is 0 Å². The third-order valence-corrected chi connectivity index (χ3v) is 4.81. The first-order valence-electron chi connectivity index (χ1n) is 8.47. The smallest absolute Gasteiger partial charge is 0.205 e. The monoisotopic (exact) mass is 352 g/mol. The van der Waals surface area contributed by atoms with Gasteiger partial charge in [-0.3, -0.25) is 0 Å². The number of para-hydroxylation sites is 1. The summed E-state index contributed by atoms with van der Waals surface area (Å²) in [5, 5.41) is 20.6. The van der Waals surface area contributed by atoms with Crippen LogP contribution in [0.3, 0.4) is 0 Å². The van der Waals surface area contributed by atoms with Gasteiger partial charge < -0.3 is 15.0 Å². The number of rotatable bonds is 2. The highest BCUT2D eigenvalue weighted by molar-refractivity contribution is 5.93. The molecule has 1 atom stereocenters. The SMILES string of the molecule is Cn1cc(C2=C(C#N)C(c3ccccc3)C(C#N)=C(N)O2)c2ccccc21. The van der Waals surface area contributed by atoms with Crippen LogP contribution in [0.1, 0.15) is 17.0 Å². The number of nitriles is 2. The first-order valence-corrected chi connectivity index (χ1v) is 8.47. The summed E-state index contributed by atoms with van der Waals surface area (Å²) in [4.78, 5) is 0. The maximum absolute atomic E-state index is 9.97.